The fourth-order valence-corrected chi connectivity index (χ4v) is 2.02. The maximum Gasteiger partial charge on any atom is 0.351 e. The first-order valence-electron chi connectivity index (χ1n) is 6.49. The number of ether oxygens (including phenoxy) is 1. The highest BCUT2D eigenvalue weighted by Gasteiger charge is 2.43. The molecule has 1 aromatic heterocycles. The molecule has 0 aromatic carbocycles. The van der Waals surface area contributed by atoms with Crippen molar-refractivity contribution < 1.29 is 24.9 Å². The Labute approximate surface area is 119 Å². The van der Waals surface area contributed by atoms with Gasteiger partial charge in [-0.05, 0) is 6.07 Å². The molecule has 1 aromatic rings. The maximum absolute atomic E-state index is 11.9. The van der Waals surface area contributed by atoms with Crippen molar-refractivity contribution in [1.29, 1.82) is 0 Å². The van der Waals surface area contributed by atoms with Gasteiger partial charge in [-0.25, -0.2) is 4.79 Å². The number of rotatable bonds is 4. The molecule has 4 atom stereocenters. The Kier molecular flexibility index (Phi) is 4.68. The van der Waals surface area contributed by atoms with Crippen LogP contribution in [-0.2, 0) is 9.53 Å². The summed E-state index contributed by atoms with van der Waals surface area (Å²) in [5.41, 5.74) is -0.751. The van der Waals surface area contributed by atoms with Crippen molar-refractivity contribution in [2.24, 2.45) is 0 Å². The molecule has 1 unspecified atom stereocenters. The summed E-state index contributed by atoms with van der Waals surface area (Å²) in [5, 5.41) is 31.0. The third-order valence-corrected chi connectivity index (χ3v) is 3.21. The summed E-state index contributed by atoms with van der Waals surface area (Å²) in [7, 11) is 0. The standard InChI is InChI=1S/C12H17N3O6/c1-2-8(17)13-7-3-4-15(12(20)14-7)11-10(19)9(18)6(5-16)21-11/h3-4,6,9-11,16,18-19H,2,5H2,1H3,(H,13,14,17,20)/t6-,9?,10+,11-/m1/s1. The molecule has 4 N–H and O–H groups in total. The second-order valence-corrected chi connectivity index (χ2v) is 4.63. The number of nitrogens with one attached hydrogen (secondary N) is 1. The van der Waals surface area contributed by atoms with Crippen LogP contribution in [0, 0.1) is 0 Å². The summed E-state index contributed by atoms with van der Waals surface area (Å²) in [6.45, 7) is 1.18. The Hall–Kier alpha value is -1.81. The van der Waals surface area contributed by atoms with E-state index in [0.717, 1.165) is 4.57 Å². The van der Waals surface area contributed by atoms with E-state index in [4.69, 9.17) is 9.84 Å². The average Bonchev–Trinajstić information content (AvgIpc) is 2.75. The minimum absolute atomic E-state index is 0.0924. The van der Waals surface area contributed by atoms with Crippen LogP contribution < -0.4 is 11.0 Å². The number of carbonyl (C=O) groups excluding carboxylic acids is 1. The Balaban J connectivity index is 2.22. The molecule has 2 rings (SSSR count). The van der Waals surface area contributed by atoms with Gasteiger partial charge in [0, 0.05) is 12.6 Å². The van der Waals surface area contributed by atoms with Crippen molar-refractivity contribution >= 4 is 11.7 Å². The maximum atomic E-state index is 11.9. The number of hydrogen-bond acceptors (Lipinski definition) is 7. The molecule has 0 radical (unpaired) electrons. The highest BCUT2D eigenvalue weighted by atomic mass is 16.6. The predicted octanol–water partition coefficient (Wildman–Crippen LogP) is -1.80. The first-order chi connectivity index (χ1) is 9.97. The minimum Gasteiger partial charge on any atom is -0.394 e. The average molecular weight is 299 g/mol. The lowest BCUT2D eigenvalue weighted by Gasteiger charge is -2.17. The van der Waals surface area contributed by atoms with Gasteiger partial charge in [-0.3, -0.25) is 9.36 Å². The fraction of sp³-hybridized carbons (Fsp3) is 0.583. The highest BCUT2D eigenvalue weighted by Crippen LogP contribution is 2.28. The van der Waals surface area contributed by atoms with E-state index in [-0.39, 0.29) is 18.1 Å². The van der Waals surface area contributed by atoms with Crippen LogP contribution in [0.2, 0.25) is 0 Å². The third kappa shape index (κ3) is 3.10. The molecule has 21 heavy (non-hydrogen) atoms. The van der Waals surface area contributed by atoms with Gasteiger partial charge in [0.2, 0.25) is 5.91 Å². The number of amides is 1. The number of nitrogens with zero attached hydrogens (tertiary/aromatic N) is 2. The Bertz CT molecular complexity index is 574. The Morgan fingerprint density at radius 1 is 1.48 bits per heavy atom. The van der Waals surface area contributed by atoms with Gasteiger partial charge in [0.05, 0.1) is 6.61 Å². The zero-order valence-electron chi connectivity index (χ0n) is 11.3. The molecule has 1 amide bonds. The second-order valence-electron chi connectivity index (χ2n) is 4.63. The molecule has 0 aliphatic carbocycles. The van der Waals surface area contributed by atoms with Gasteiger partial charge in [-0.15, -0.1) is 0 Å². The van der Waals surface area contributed by atoms with Crippen molar-refractivity contribution in [1.82, 2.24) is 9.55 Å². The molecule has 1 fully saturated rings. The van der Waals surface area contributed by atoms with Crippen LogP contribution in [0.25, 0.3) is 0 Å². The van der Waals surface area contributed by atoms with Crippen LogP contribution in [0.1, 0.15) is 19.6 Å². The first-order valence-corrected chi connectivity index (χ1v) is 6.49. The number of aliphatic hydroxyl groups is 3. The lowest BCUT2D eigenvalue weighted by Crippen LogP contribution is -2.36. The normalized spacial score (nSPS) is 28.6. The van der Waals surface area contributed by atoms with Crippen LogP contribution in [0.15, 0.2) is 17.1 Å². The van der Waals surface area contributed by atoms with Crippen LogP contribution in [-0.4, -0.2) is 55.7 Å². The molecule has 116 valence electrons. The van der Waals surface area contributed by atoms with Gasteiger partial charge < -0.3 is 25.4 Å². The summed E-state index contributed by atoms with van der Waals surface area (Å²) in [6, 6.07) is 1.38. The molecule has 9 heteroatoms. The molecule has 2 heterocycles. The number of carbonyl (C=O) groups is 1. The van der Waals surface area contributed by atoms with Crippen LogP contribution in [0.5, 0.6) is 0 Å². The first kappa shape index (κ1) is 15.6. The molecular weight excluding hydrogens is 282 g/mol. The van der Waals surface area contributed by atoms with Gasteiger partial charge in [0.25, 0.3) is 0 Å². The number of anilines is 1. The van der Waals surface area contributed by atoms with Crippen molar-refractivity contribution in [2.45, 2.75) is 37.9 Å². The van der Waals surface area contributed by atoms with Gasteiger partial charge >= 0.3 is 5.69 Å². The van der Waals surface area contributed by atoms with Gasteiger partial charge in [-0.1, -0.05) is 6.92 Å². The predicted molar refractivity (Wildman–Crippen MR) is 70.4 cm³/mol. The van der Waals surface area contributed by atoms with E-state index in [9.17, 15) is 19.8 Å². The molecule has 1 saturated heterocycles. The van der Waals surface area contributed by atoms with E-state index < -0.39 is 36.8 Å². The van der Waals surface area contributed by atoms with Crippen LogP contribution in [0.4, 0.5) is 5.82 Å². The van der Waals surface area contributed by atoms with E-state index >= 15 is 0 Å². The lowest BCUT2D eigenvalue weighted by atomic mass is 10.1. The van der Waals surface area contributed by atoms with Crippen molar-refractivity contribution in [3.05, 3.63) is 22.7 Å². The fourth-order valence-electron chi connectivity index (χ4n) is 2.02. The Morgan fingerprint density at radius 2 is 2.19 bits per heavy atom. The molecule has 0 saturated carbocycles. The quantitative estimate of drug-likeness (QED) is 0.515. The van der Waals surface area contributed by atoms with Gasteiger partial charge in [-0.2, -0.15) is 4.98 Å². The van der Waals surface area contributed by atoms with Crippen LogP contribution >= 0.6 is 0 Å². The van der Waals surface area contributed by atoms with E-state index in [1.54, 1.807) is 6.92 Å². The van der Waals surface area contributed by atoms with Gasteiger partial charge in [0.1, 0.15) is 24.1 Å². The molecular formula is C12H17N3O6. The summed E-state index contributed by atoms with van der Waals surface area (Å²) in [4.78, 5) is 26.8. The third-order valence-electron chi connectivity index (χ3n) is 3.21. The van der Waals surface area contributed by atoms with E-state index in [1.165, 1.54) is 12.3 Å². The Morgan fingerprint density at radius 3 is 2.71 bits per heavy atom. The second kappa shape index (κ2) is 6.31. The van der Waals surface area contributed by atoms with Gasteiger partial charge in [0.15, 0.2) is 6.23 Å². The number of aromatic nitrogens is 2. The topological polar surface area (TPSA) is 134 Å². The molecule has 0 bridgehead atoms. The summed E-state index contributed by atoms with van der Waals surface area (Å²) >= 11 is 0. The number of hydrogen-bond donors (Lipinski definition) is 4. The van der Waals surface area contributed by atoms with E-state index in [1.807, 2.05) is 0 Å². The minimum atomic E-state index is -1.36. The largest absolute Gasteiger partial charge is 0.394 e. The number of aliphatic hydroxyl groups excluding tert-OH is 3. The van der Waals surface area contributed by atoms with Crippen molar-refractivity contribution in [3.8, 4) is 0 Å². The van der Waals surface area contributed by atoms with E-state index in [2.05, 4.69) is 10.3 Å². The zero-order chi connectivity index (χ0) is 15.6. The smallest absolute Gasteiger partial charge is 0.351 e. The van der Waals surface area contributed by atoms with Crippen LogP contribution in [0.3, 0.4) is 0 Å². The van der Waals surface area contributed by atoms with Crippen molar-refractivity contribution in [2.75, 3.05) is 11.9 Å². The SMILES string of the molecule is CCC(=O)Nc1ccn([C@@H]2O[C@H](CO)C(O)[C@@H]2O)c(=O)n1. The lowest BCUT2D eigenvalue weighted by molar-refractivity contribution is -0.115. The van der Waals surface area contributed by atoms with Crippen molar-refractivity contribution in [3.63, 3.8) is 0 Å². The molecule has 1 aliphatic rings. The summed E-state index contributed by atoms with van der Waals surface area (Å²) in [5.74, 6) is -0.192. The molecule has 0 spiro atoms. The molecule has 1 aliphatic heterocycles. The van der Waals surface area contributed by atoms with E-state index in [0.29, 0.717) is 0 Å². The zero-order valence-corrected chi connectivity index (χ0v) is 11.3. The monoisotopic (exact) mass is 299 g/mol. The highest BCUT2D eigenvalue weighted by molar-refractivity contribution is 5.89. The summed E-state index contributed by atoms with van der Waals surface area (Å²) < 4.78 is 6.22. The molecule has 9 nitrogen and oxygen atoms in total. The summed E-state index contributed by atoms with van der Waals surface area (Å²) in [6.07, 6.45) is -3.24.